The molecular formula is C17H23F3N4O2S. The fraction of sp³-hybridized carbons (Fsp3) is 0.471. The van der Waals surface area contributed by atoms with Crippen LogP contribution in [0, 0.1) is 5.92 Å². The van der Waals surface area contributed by atoms with Gasteiger partial charge in [0.05, 0.1) is 4.88 Å². The van der Waals surface area contributed by atoms with Crippen molar-refractivity contribution in [3.05, 3.63) is 28.8 Å². The molecule has 0 radical (unpaired) electrons. The third-order valence-electron chi connectivity index (χ3n) is 3.72. The Kier molecular flexibility index (Phi) is 9.16. The van der Waals surface area contributed by atoms with Crippen LogP contribution < -0.4 is 11.1 Å². The molecule has 0 fully saturated rings. The van der Waals surface area contributed by atoms with E-state index in [-0.39, 0.29) is 11.6 Å². The number of hydrogen-bond acceptors (Lipinski definition) is 5. The normalized spacial score (nSPS) is 12.1. The fourth-order valence-corrected chi connectivity index (χ4v) is 3.54. The van der Waals surface area contributed by atoms with Gasteiger partial charge in [0.15, 0.2) is 0 Å². The summed E-state index contributed by atoms with van der Waals surface area (Å²) in [5.41, 5.74) is 3.97. The number of rotatable bonds is 9. The Morgan fingerprint density at radius 2 is 2.04 bits per heavy atom. The summed E-state index contributed by atoms with van der Waals surface area (Å²) >= 11 is 1.33. The van der Waals surface area contributed by atoms with E-state index in [1.165, 1.54) is 25.4 Å². The van der Waals surface area contributed by atoms with Gasteiger partial charge in [0, 0.05) is 24.4 Å². The van der Waals surface area contributed by atoms with Crippen molar-refractivity contribution >= 4 is 24.0 Å². The molecule has 1 atom stereocenters. The average Bonchev–Trinajstić information content (AvgIpc) is 3.25. The molecule has 1 unspecified atom stereocenters. The van der Waals surface area contributed by atoms with Crippen molar-refractivity contribution in [1.29, 1.82) is 0 Å². The molecule has 0 spiro atoms. The summed E-state index contributed by atoms with van der Waals surface area (Å²) in [5, 5.41) is 6.47. The molecule has 2 heterocycles. The Labute approximate surface area is 159 Å². The van der Waals surface area contributed by atoms with E-state index in [9.17, 15) is 22.8 Å². The number of thiophene rings is 1. The Morgan fingerprint density at radius 3 is 2.59 bits per heavy atom. The lowest BCUT2D eigenvalue weighted by atomic mass is 10.0. The van der Waals surface area contributed by atoms with Gasteiger partial charge in [-0.25, -0.2) is 0 Å². The second-order valence-electron chi connectivity index (χ2n) is 5.62. The number of aldehydes is 1. The van der Waals surface area contributed by atoms with Crippen molar-refractivity contribution in [2.75, 3.05) is 13.6 Å². The molecule has 6 nitrogen and oxygen atoms in total. The predicted octanol–water partition coefficient (Wildman–Crippen LogP) is 2.63. The topological polar surface area (TPSA) is 90.0 Å². The average molecular weight is 404 g/mol. The van der Waals surface area contributed by atoms with Crippen molar-refractivity contribution in [2.45, 2.75) is 25.4 Å². The lowest BCUT2D eigenvalue weighted by molar-refractivity contribution is -0.143. The molecule has 1 amide bonds. The minimum atomic E-state index is -4.45. The molecule has 3 N–H and O–H groups in total. The first-order valence-corrected chi connectivity index (χ1v) is 9.07. The van der Waals surface area contributed by atoms with E-state index in [1.807, 2.05) is 6.07 Å². The number of nitrogens with zero attached hydrogens (tertiary/aromatic N) is 2. The maximum absolute atomic E-state index is 12.9. The van der Waals surface area contributed by atoms with Crippen LogP contribution in [0.25, 0.3) is 10.6 Å². The lowest BCUT2D eigenvalue weighted by Crippen LogP contribution is -2.14. The smallest absolute Gasteiger partial charge is 0.359 e. The molecule has 0 saturated heterocycles. The SMILES string of the molecule is CN.Cn1nc(-c2ccc(CC(C=O)CCCNC=O)s2)cc1C(F)(F)F. The van der Waals surface area contributed by atoms with Gasteiger partial charge in [0.1, 0.15) is 17.7 Å². The first-order valence-electron chi connectivity index (χ1n) is 8.25. The molecule has 0 aromatic carbocycles. The third kappa shape index (κ3) is 6.79. The number of carbonyl (C=O) groups is 2. The summed E-state index contributed by atoms with van der Waals surface area (Å²) in [4.78, 5) is 22.9. The van der Waals surface area contributed by atoms with Crippen LogP contribution in [-0.2, 0) is 29.2 Å². The predicted molar refractivity (Wildman–Crippen MR) is 98.2 cm³/mol. The first-order chi connectivity index (χ1) is 12.8. The molecule has 0 saturated carbocycles. The number of carbonyl (C=O) groups excluding carboxylic acids is 2. The largest absolute Gasteiger partial charge is 0.433 e. The van der Waals surface area contributed by atoms with Gasteiger partial charge in [-0.15, -0.1) is 11.3 Å². The number of aryl methyl sites for hydroxylation is 1. The highest BCUT2D eigenvalue weighted by Gasteiger charge is 2.35. The van der Waals surface area contributed by atoms with Gasteiger partial charge in [0.2, 0.25) is 6.41 Å². The van der Waals surface area contributed by atoms with Crippen molar-refractivity contribution in [3.63, 3.8) is 0 Å². The number of aromatic nitrogens is 2. The number of alkyl halides is 3. The lowest BCUT2D eigenvalue weighted by Gasteiger charge is -2.08. The highest BCUT2D eigenvalue weighted by atomic mass is 32.1. The van der Waals surface area contributed by atoms with E-state index < -0.39 is 11.9 Å². The summed E-state index contributed by atoms with van der Waals surface area (Å²) in [6, 6.07) is 4.55. The monoisotopic (exact) mass is 404 g/mol. The molecule has 0 aliphatic carbocycles. The van der Waals surface area contributed by atoms with Crippen LogP contribution in [0.4, 0.5) is 13.2 Å². The van der Waals surface area contributed by atoms with Crippen molar-refractivity contribution < 1.29 is 22.8 Å². The number of nitrogens with two attached hydrogens (primary N) is 1. The highest BCUT2D eigenvalue weighted by molar-refractivity contribution is 7.15. The number of amides is 1. The Hall–Kier alpha value is -2.20. The molecule has 27 heavy (non-hydrogen) atoms. The quantitative estimate of drug-likeness (QED) is 0.497. The van der Waals surface area contributed by atoms with Crippen molar-refractivity contribution in [2.24, 2.45) is 18.7 Å². The molecule has 0 aliphatic rings. The molecule has 2 aromatic heterocycles. The van der Waals surface area contributed by atoms with E-state index >= 15 is 0 Å². The van der Waals surface area contributed by atoms with E-state index in [0.717, 1.165) is 21.9 Å². The van der Waals surface area contributed by atoms with Crippen LogP contribution in [-0.4, -0.2) is 36.1 Å². The van der Waals surface area contributed by atoms with Crippen LogP contribution in [0.15, 0.2) is 18.2 Å². The maximum atomic E-state index is 12.9. The minimum Gasteiger partial charge on any atom is -0.359 e. The van der Waals surface area contributed by atoms with E-state index in [2.05, 4.69) is 16.1 Å². The Balaban J connectivity index is 0.00000176. The molecule has 2 rings (SSSR count). The fourth-order valence-electron chi connectivity index (χ4n) is 2.48. The van der Waals surface area contributed by atoms with E-state index in [4.69, 9.17) is 0 Å². The molecule has 0 aliphatic heterocycles. The van der Waals surface area contributed by atoms with Crippen LogP contribution in [0.2, 0.25) is 0 Å². The van der Waals surface area contributed by atoms with Crippen molar-refractivity contribution in [3.8, 4) is 10.6 Å². The molecule has 0 bridgehead atoms. The molecule has 10 heteroatoms. The zero-order chi connectivity index (χ0) is 20.4. The van der Waals surface area contributed by atoms with E-state index in [0.29, 0.717) is 37.1 Å². The second kappa shape index (κ2) is 10.8. The number of halogens is 3. The van der Waals surface area contributed by atoms with Gasteiger partial charge in [-0.2, -0.15) is 18.3 Å². The Bertz CT molecular complexity index is 728. The van der Waals surface area contributed by atoms with Gasteiger partial charge in [-0.1, -0.05) is 0 Å². The highest BCUT2D eigenvalue weighted by Crippen LogP contribution is 2.34. The zero-order valence-electron chi connectivity index (χ0n) is 15.1. The molecular weight excluding hydrogens is 381 g/mol. The van der Waals surface area contributed by atoms with Crippen molar-refractivity contribution in [1.82, 2.24) is 15.1 Å². The van der Waals surface area contributed by atoms with Gasteiger partial charge >= 0.3 is 6.18 Å². The molecule has 2 aromatic rings. The maximum Gasteiger partial charge on any atom is 0.433 e. The van der Waals surface area contributed by atoms with Gasteiger partial charge in [-0.3, -0.25) is 9.48 Å². The zero-order valence-corrected chi connectivity index (χ0v) is 15.9. The number of hydrogen-bond donors (Lipinski definition) is 2. The summed E-state index contributed by atoms with van der Waals surface area (Å²) in [6.45, 7) is 0.512. The van der Waals surface area contributed by atoms with E-state index in [1.54, 1.807) is 6.07 Å². The second-order valence-corrected chi connectivity index (χ2v) is 6.78. The summed E-state index contributed by atoms with van der Waals surface area (Å²) in [5.74, 6) is -0.186. The summed E-state index contributed by atoms with van der Waals surface area (Å²) in [6.07, 6.45) is -1.10. The van der Waals surface area contributed by atoms with Gasteiger partial charge in [-0.05, 0) is 44.5 Å². The minimum absolute atomic E-state index is 0.186. The van der Waals surface area contributed by atoms with Gasteiger partial charge < -0.3 is 15.8 Å². The van der Waals surface area contributed by atoms with Crippen LogP contribution in [0.3, 0.4) is 0 Å². The van der Waals surface area contributed by atoms with Crippen LogP contribution in [0.5, 0.6) is 0 Å². The molecule has 150 valence electrons. The third-order valence-corrected chi connectivity index (χ3v) is 4.85. The summed E-state index contributed by atoms with van der Waals surface area (Å²) < 4.78 is 39.4. The number of nitrogens with one attached hydrogen (secondary N) is 1. The van der Waals surface area contributed by atoms with Crippen LogP contribution >= 0.6 is 11.3 Å². The van der Waals surface area contributed by atoms with Gasteiger partial charge in [0.25, 0.3) is 0 Å². The first kappa shape index (κ1) is 22.8. The standard InChI is InChI=1S/C16H18F3N3O2S.CH5N/c1-22-15(16(17,18)19)8-13(21-22)14-5-4-12(25-14)7-11(9-23)3-2-6-20-10-24;1-2/h4-5,8-11H,2-3,6-7H2,1H3,(H,20,24);2H2,1H3. The van der Waals surface area contributed by atoms with Crippen LogP contribution in [0.1, 0.15) is 23.4 Å². The summed E-state index contributed by atoms with van der Waals surface area (Å²) in [7, 11) is 2.76. The Morgan fingerprint density at radius 1 is 1.33 bits per heavy atom.